The molecule has 1 aliphatic carbocycles. The molecule has 19 heavy (non-hydrogen) atoms. The molecule has 0 radical (unpaired) electrons. The third kappa shape index (κ3) is 3.09. The Balaban J connectivity index is 2.17. The maximum atomic E-state index is 7.54. The van der Waals surface area contributed by atoms with Gasteiger partial charge in [0.2, 0.25) is 0 Å². The van der Waals surface area contributed by atoms with E-state index in [2.05, 4.69) is 31.0 Å². The van der Waals surface area contributed by atoms with Crippen LogP contribution in [0.25, 0.3) is 0 Å². The summed E-state index contributed by atoms with van der Waals surface area (Å²) in [6.07, 6.45) is 5.27. The Bertz CT molecular complexity index is 467. The molecule has 2 rings (SSSR count). The standard InChI is InChI=1S/C16H25N3/c1-11-5-4-6-13(9-11)19(3)14-7-8-15(16(17)18)12(2)10-14/h7-8,10-11,13H,4-6,9H2,1-3H3,(H3,17,18). The van der Waals surface area contributed by atoms with Crippen LogP contribution in [0, 0.1) is 18.3 Å². The van der Waals surface area contributed by atoms with E-state index in [9.17, 15) is 0 Å². The van der Waals surface area contributed by atoms with Gasteiger partial charge in [-0.15, -0.1) is 0 Å². The number of rotatable bonds is 3. The first-order chi connectivity index (χ1) is 8.99. The van der Waals surface area contributed by atoms with E-state index in [1.165, 1.54) is 31.4 Å². The number of hydrogen-bond acceptors (Lipinski definition) is 2. The molecule has 1 fully saturated rings. The van der Waals surface area contributed by atoms with Crippen LogP contribution in [0.1, 0.15) is 43.7 Å². The number of nitrogens with zero attached hydrogens (tertiary/aromatic N) is 1. The quantitative estimate of drug-likeness (QED) is 0.646. The van der Waals surface area contributed by atoms with E-state index in [-0.39, 0.29) is 5.84 Å². The van der Waals surface area contributed by atoms with Gasteiger partial charge in [-0.3, -0.25) is 5.41 Å². The number of nitrogens with one attached hydrogen (secondary N) is 1. The first-order valence-electron chi connectivity index (χ1n) is 7.17. The molecule has 1 saturated carbocycles. The predicted molar refractivity (Wildman–Crippen MR) is 82.0 cm³/mol. The van der Waals surface area contributed by atoms with Gasteiger partial charge in [0.05, 0.1) is 0 Å². The number of anilines is 1. The summed E-state index contributed by atoms with van der Waals surface area (Å²) in [5, 5.41) is 7.54. The van der Waals surface area contributed by atoms with Crippen molar-refractivity contribution in [3.05, 3.63) is 29.3 Å². The highest BCUT2D eigenvalue weighted by Crippen LogP contribution is 2.30. The minimum Gasteiger partial charge on any atom is -0.384 e. The van der Waals surface area contributed by atoms with Gasteiger partial charge in [0.15, 0.2) is 0 Å². The molecule has 3 nitrogen and oxygen atoms in total. The van der Waals surface area contributed by atoms with Crippen LogP contribution in [0.15, 0.2) is 18.2 Å². The minimum atomic E-state index is 0.151. The summed E-state index contributed by atoms with van der Waals surface area (Å²) in [7, 11) is 2.19. The zero-order valence-electron chi connectivity index (χ0n) is 12.2. The fraction of sp³-hybridized carbons (Fsp3) is 0.562. The molecule has 2 atom stereocenters. The summed E-state index contributed by atoms with van der Waals surface area (Å²) < 4.78 is 0. The van der Waals surface area contributed by atoms with Crippen LogP contribution < -0.4 is 10.6 Å². The smallest absolute Gasteiger partial charge is 0.123 e. The summed E-state index contributed by atoms with van der Waals surface area (Å²) >= 11 is 0. The van der Waals surface area contributed by atoms with Crippen molar-refractivity contribution in [1.29, 1.82) is 5.41 Å². The number of amidine groups is 1. The number of nitrogen functional groups attached to an aromatic ring is 1. The Morgan fingerprint density at radius 2 is 2.11 bits per heavy atom. The van der Waals surface area contributed by atoms with Crippen LogP contribution in [0.3, 0.4) is 0 Å². The molecule has 0 aromatic heterocycles. The summed E-state index contributed by atoms with van der Waals surface area (Å²) in [6.45, 7) is 4.38. The molecule has 0 heterocycles. The lowest BCUT2D eigenvalue weighted by Crippen LogP contribution is -2.35. The Morgan fingerprint density at radius 3 is 2.68 bits per heavy atom. The van der Waals surface area contributed by atoms with Gasteiger partial charge in [0, 0.05) is 24.3 Å². The van der Waals surface area contributed by atoms with E-state index >= 15 is 0 Å². The molecule has 3 N–H and O–H groups in total. The Labute approximate surface area is 116 Å². The zero-order valence-corrected chi connectivity index (χ0v) is 12.2. The van der Waals surface area contributed by atoms with Gasteiger partial charge in [-0.1, -0.05) is 19.8 Å². The topological polar surface area (TPSA) is 53.1 Å². The number of nitrogens with two attached hydrogens (primary N) is 1. The van der Waals surface area contributed by atoms with Gasteiger partial charge in [0.1, 0.15) is 5.84 Å². The molecule has 2 unspecified atom stereocenters. The monoisotopic (exact) mass is 259 g/mol. The average molecular weight is 259 g/mol. The molecule has 0 bridgehead atoms. The van der Waals surface area contributed by atoms with Crippen molar-refractivity contribution >= 4 is 11.5 Å². The fourth-order valence-corrected chi connectivity index (χ4v) is 3.13. The fourth-order valence-electron chi connectivity index (χ4n) is 3.13. The van der Waals surface area contributed by atoms with Crippen LogP contribution in [-0.2, 0) is 0 Å². The summed E-state index contributed by atoms with van der Waals surface area (Å²) in [5.41, 5.74) is 8.73. The third-order valence-electron chi connectivity index (χ3n) is 4.36. The maximum Gasteiger partial charge on any atom is 0.123 e. The lowest BCUT2D eigenvalue weighted by Gasteiger charge is -2.36. The van der Waals surface area contributed by atoms with Crippen molar-refractivity contribution in [3.8, 4) is 0 Å². The molecule has 0 spiro atoms. The molecular weight excluding hydrogens is 234 g/mol. The zero-order chi connectivity index (χ0) is 14.0. The number of aryl methyl sites for hydroxylation is 1. The van der Waals surface area contributed by atoms with Crippen molar-refractivity contribution < 1.29 is 0 Å². The van der Waals surface area contributed by atoms with Gasteiger partial charge in [-0.2, -0.15) is 0 Å². The molecule has 0 saturated heterocycles. The lowest BCUT2D eigenvalue weighted by molar-refractivity contribution is 0.336. The SMILES string of the molecule is Cc1cc(N(C)C2CCCC(C)C2)ccc1C(=N)N. The lowest BCUT2D eigenvalue weighted by atomic mass is 9.86. The van der Waals surface area contributed by atoms with Gasteiger partial charge in [-0.05, 0) is 49.4 Å². The molecule has 1 aromatic carbocycles. The summed E-state index contributed by atoms with van der Waals surface area (Å²) in [5.74, 6) is 0.983. The van der Waals surface area contributed by atoms with E-state index in [4.69, 9.17) is 11.1 Å². The molecule has 104 valence electrons. The first-order valence-corrected chi connectivity index (χ1v) is 7.17. The highest BCUT2D eigenvalue weighted by Gasteiger charge is 2.22. The van der Waals surface area contributed by atoms with Crippen molar-refractivity contribution in [2.45, 2.75) is 45.6 Å². The highest BCUT2D eigenvalue weighted by molar-refractivity contribution is 5.96. The molecule has 3 heteroatoms. The number of hydrogen-bond donors (Lipinski definition) is 2. The molecule has 1 aliphatic rings. The van der Waals surface area contributed by atoms with E-state index in [0.29, 0.717) is 6.04 Å². The van der Waals surface area contributed by atoms with Crippen molar-refractivity contribution in [1.82, 2.24) is 0 Å². The van der Waals surface area contributed by atoms with Crippen molar-refractivity contribution in [2.75, 3.05) is 11.9 Å². The number of benzene rings is 1. The van der Waals surface area contributed by atoms with Gasteiger partial charge < -0.3 is 10.6 Å². The summed E-state index contributed by atoms with van der Waals surface area (Å²) in [4.78, 5) is 2.40. The van der Waals surface area contributed by atoms with E-state index < -0.39 is 0 Å². The van der Waals surface area contributed by atoms with Crippen LogP contribution in [0.2, 0.25) is 0 Å². The van der Waals surface area contributed by atoms with Crippen LogP contribution in [0.5, 0.6) is 0 Å². The van der Waals surface area contributed by atoms with Crippen LogP contribution in [0.4, 0.5) is 5.69 Å². The van der Waals surface area contributed by atoms with Gasteiger partial charge >= 0.3 is 0 Å². The second-order valence-electron chi connectivity index (χ2n) is 5.95. The van der Waals surface area contributed by atoms with Crippen LogP contribution >= 0.6 is 0 Å². The summed E-state index contributed by atoms with van der Waals surface area (Å²) in [6, 6.07) is 6.85. The highest BCUT2D eigenvalue weighted by atomic mass is 15.1. The van der Waals surface area contributed by atoms with Crippen molar-refractivity contribution in [2.24, 2.45) is 11.7 Å². The molecule has 0 amide bonds. The van der Waals surface area contributed by atoms with Crippen molar-refractivity contribution in [3.63, 3.8) is 0 Å². The molecule has 0 aliphatic heterocycles. The van der Waals surface area contributed by atoms with Crippen LogP contribution in [-0.4, -0.2) is 18.9 Å². The Kier molecular flexibility index (Phi) is 4.13. The normalized spacial score (nSPS) is 23.1. The third-order valence-corrected chi connectivity index (χ3v) is 4.36. The van der Waals surface area contributed by atoms with E-state index in [1.807, 2.05) is 13.0 Å². The second kappa shape index (κ2) is 5.64. The van der Waals surface area contributed by atoms with Gasteiger partial charge in [-0.25, -0.2) is 0 Å². The molecular formula is C16H25N3. The predicted octanol–water partition coefficient (Wildman–Crippen LogP) is 3.29. The Hall–Kier alpha value is -1.51. The largest absolute Gasteiger partial charge is 0.384 e. The maximum absolute atomic E-state index is 7.54. The first kappa shape index (κ1) is 13.9. The van der Waals surface area contributed by atoms with Gasteiger partial charge in [0.25, 0.3) is 0 Å². The Morgan fingerprint density at radius 1 is 1.37 bits per heavy atom. The average Bonchev–Trinajstić information content (AvgIpc) is 2.37. The molecule has 1 aromatic rings. The van der Waals surface area contributed by atoms with E-state index in [1.54, 1.807) is 0 Å². The van der Waals surface area contributed by atoms with E-state index in [0.717, 1.165) is 17.0 Å². The second-order valence-corrected chi connectivity index (χ2v) is 5.95. The minimum absolute atomic E-state index is 0.151.